The molecule has 2 rings (SSSR count). The first-order valence-electron chi connectivity index (χ1n) is 8.01. The van der Waals surface area contributed by atoms with Crippen LogP contribution >= 0.6 is 0 Å². The number of carbonyl (C=O) groups excluding carboxylic acids is 2. The predicted molar refractivity (Wildman–Crippen MR) is 83.1 cm³/mol. The fraction of sp³-hybridized carbons (Fsp3) is 0.625. The van der Waals surface area contributed by atoms with Crippen molar-refractivity contribution in [2.24, 2.45) is 11.7 Å². The van der Waals surface area contributed by atoms with E-state index in [0.29, 0.717) is 36.8 Å². The van der Waals surface area contributed by atoms with Gasteiger partial charge in [-0.1, -0.05) is 19.3 Å². The summed E-state index contributed by atoms with van der Waals surface area (Å²) in [7, 11) is 0. The normalized spacial score (nSPS) is 15.5. The van der Waals surface area contributed by atoms with Gasteiger partial charge in [-0.05, 0) is 24.8 Å². The van der Waals surface area contributed by atoms with Crippen LogP contribution in [0.2, 0.25) is 0 Å². The maximum Gasteiger partial charge on any atom is 0.254 e. The molecule has 0 unspecified atom stereocenters. The van der Waals surface area contributed by atoms with Gasteiger partial charge < -0.3 is 20.8 Å². The molecule has 6 heteroatoms. The van der Waals surface area contributed by atoms with Crippen molar-refractivity contribution in [3.63, 3.8) is 0 Å². The molecule has 0 radical (unpaired) electrons. The highest BCUT2D eigenvalue weighted by Gasteiger charge is 2.16. The number of nitrogens with two attached hydrogens (primary N) is 1. The Kier molecular flexibility index (Phi) is 6.45. The van der Waals surface area contributed by atoms with Gasteiger partial charge in [0.05, 0.1) is 12.1 Å². The first-order valence-corrected chi connectivity index (χ1v) is 8.01. The largest absolute Gasteiger partial charge is 0.467 e. The van der Waals surface area contributed by atoms with Crippen molar-refractivity contribution < 1.29 is 14.0 Å². The summed E-state index contributed by atoms with van der Waals surface area (Å²) < 4.78 is 5.11. The third-order valence-electron chi connectivity index (χ3n) is 4.05. The fourth-order valence-corrected chi connectivity index (χ4v) is 2.81. The lowest BCUT2D eigenvalue weighted by Gasteiger charge is -2.20. The third kappa shape index (κ3) is 5.18. The summed E-state index contributed by atoms with van der Waals surface area (Å²) in [6.07, 6.45) is 8.09. The van der Waals surface area contributed by atoms with Crippen molar-refractivity contribution in [1.82, 2.24) is 10.6 Å². The molecular weight excluding hydrogens is 282 g/mol. The van der Waals surface area contributed by atoms with Crippen LogP contribution in [0.4, 0.5) is 0 Å². The van der Waals surface area contributed by atoms with Crippen LogP contribution < -0.4 is 16.4 Å². The van der Waals surface area contributed by atoms with Gasteiger partial charge in [-0.25, -0.2) is 0 Å². The average molecular weight is 307 g/mol. The first kappa shape index (κ1) is 16.5. The fourth-order valence-electron chi connectivity index (χ4n) is 2.81. The molecule has 0 bridgehead atoms. The minimum absolute atomic E-state index is 0.0786. The van der Waals surface area contributed by atoms with Crippen LogP contribution in [0.3, 0.4) is 0 Å². The molecule has 1 aromatic rings. The number of rotatable bonds is 7. The molecule has 4 N–H and O–H groups in total. The van der Waals surface area contributed by atoms with Crippen molar-refractivity contribution in [3.8, 4) is 0 Å². The highest BCUT2D eigenvalue weighted by molar-refractivity contribution is 5.94. The molecule has 2 amide bonds. The van der Waals surface area contributed by atoms with Crippen LogP contribution in [0.25, 0.3) is 0 Å². The molecule has 0 saturated heterocycles. The van der Waals surface area contributed by atoms with E-state index >= 15 is 0 Å². The quantitative estimate of drug-likeness (QED) is 0.666. The predicted octanol–water partition coefficient (Wildman–Crippen LogP) is 1.55. The van der Waals surface area contributed by atoms with Crippen molar-refractivity contribution in [2.45, 2.75) is 45.1 Å². The molecule has 1 saturated carbocycles. The minimum atomic E-state index is -0.218. The molecule has 0 aromatic carbocycles. The molecule has 0 spiro atoms. The standard InChI is InChI=1S/C16H25N3O3/c17-10-14-9-13(11-22-14)16(21)19-7-6-18-15(20)8-12-4-2-1-3-5-12/h9,11-12H,1-8,10,17H2,(H,18,20)(H,19,21). The summed E-state index contributed by atoms with van der Waals surface area (Å²) in [5, 5.41) is 5.60. The van der Waals surface area contributed by atoms with Gasteiger partial charge >= 0.3 is 0 Å². The van der Waals surface area contributed by atoms with Gasteiger partial charge in [0.15, 0.2) is 0 Å². The molecule has 0 atom stereocenters. The zero-order chi connectivity index (χ0) is 15.8. The third-order valence-corrected chi connectivity index (χ3v) is 4.05. The Labute approximate surface area is 130 Å². The lowest BCUT2D eigenvalue weighted by molar-refractivity contribution is -0.122. The molecule has 1 aromatic heterocycles. The Balaban J connectivity index is 1.59. The van der Waals surface area contributed by atoms with Gasteiger partial charge in [0.25, 0.3) is 5.91 Å². The van der Waals surface area contributed by atoms with Gasteiger partial charge in [-0.2, -0.15) is 0 Å². The molecule has 1 fully saturated rings. The van der Waals surface area contributed by atoms with Crippen LogP contribution in [0.5, 0.6) is 0 Å². The zero-order valence-corrected chi connectivity index (χ0v) is 12.9. The van der Waals surface area contributed by atoms with E-state index in [0.717, 1.165) is 12.8 Å². The first-order chi connectivity index (χ1) is 10.7. The lowest BCUT2D eigenvalue weighted by Crippen LogP contribution is -2.35. The summed E-state index contributed by atoms with van der Waals surface area (Å²) in [6.45, 7) is 1.11. The van der Waals surface area contributed by atoms with Crippen molar-refractivity contribution >= 4 is 11.8 Å². The van der Waals surface area contributed by atoms with Crippen LogP contribution in [0.15, 0.2) is 16.7 Å². The highest BCUT2D eigenvalue weighted by Crippen LogP contribution is 2.25. The Bertz CT molecular complexity index is 493. The summed E-state index contributed by atoms with van der Waals surface area (Å²) in [4.78, 5) is 23.6. The van der Waals surface area contributed by atoms with Crippen LogP contribution in [0.1, 0.15) is 54.6 Å². The monoisotopic (exact) mass is 307 g/mol. The van der Waals surface area contributed by atoms with Crippen molar-refractivity contribution in [2.75, 3.05) is 13.1 Å². The number of hydrogen-bond acceptors (Lipinski definition) is 4. The van der Waals surface area contributed by atoms with E-state index in [1.54, 1.807) is 6.07 Å². The molecular formula is C16H25N3O3. The van der Waals surface area contributed by atoms with E-state index in [2.05, 4.69) is 10.6 Å². The molecule has 1 aliphatic rings. The van der Waals surface area contributed by atoms with Gasteiger partial charge in [0.1, 0.15) is 12.0 Å². The minimum Gasteiger partial charge on any atom is -0.467 e. The van der Waals surface area contributed by atoms with Gasteiger partial charge in [-0.3, -0.25) is 9.59 Å². The highest BCUT2D eigenvalue weighted by atomic mass is 16.3. The Morgan fingerprint density at radius 1 is 1.18 bits per heavy atom. The Morgan fingerprint density at radius 2 is 1.91 bits per heavy atom. The number of carbonyl (C=O) groups is 2. The summed E-state index contributed by atoms with van der Waals surface area (Å²) in [5.41, 5.74) is 5.87. The van der Waals surface area contributed by atoms with Crippen molar-refractivity contribution in [3.05, 3.63) is 23.7 Å². The molecule has 6 nitrogen and oxygen atoms in total. The number of hydrogen-bond donors (Lipinski definition) is 3. The zero-order valence-electron chi connectivity index (χ0n) is 12.9. The average Bonchev–Trinajstić information content (AvgIpc) is 3.01. The van der Waals surface area contributed by atoms with E-state index in [1.165, 1.54) is 25.5 Å². The molecule has 1 aliphatic carbocycles. The van der Waals surface area contributed by atoms with Crippen LogP contribution in [-0.2, 0) is 11.3 Å². The SMILES string of the molecule is NCc1cc(C(=O)NCCNC(=O)CC2CCCCC2)co1. The van der Waals surface area contributed by atoms with Gasteiger partial charge in [0.2, 0.25) is 5.91 Å². The van der Waals surface area contributed by atoms with E-state index in [4.69, 9.17) is 10.2 Å². The number of nitrogens with one attached hydrogen (secondary N) is 2. The molecule has 0 aliphatic heterocycles. The summed E-state index contributed by atoms with van der Waals surface area (Å²) in [5.74, 6) is 0.967. The molecule has 1 heterocycles. The number of furan rings is 1. The maximum atomic E-state index is 11.8. The smallest absolute Gasteiger partial charge is 0.254 e. The van der Waals surface area contributed by atoms with Crippen LogP contribution in [0, 0.1) is 5.92 Å². The second-order valence-corrected chi connectivity index (χ2v) is 5.82. The topological polar surface area (TPSA) is 97.4 Å². The second kappa shape index (κ2) is 8.58. The van der Waals surface area contributed by atoms with Gasteiger partial charge in [0, 0.05) is 19.5 Å². The lowest BCUT2D eigenvalue weighted by atomic mass is 9.87. The Hall–Kier alpha value is -1.82. The van der Waals surface area contributed by atoms with Gasteiger partial charge in [-0.15, -0.1) is 0 Å². The van der Waals surface area contributed by atoms with E-state index in [1.807, 2.05) is 0 Å². The molecule has 122 valence electrons. The molecule has 22 heavy (non-hydrogen) atoms. The van der Waals surface area contributed by atoms with Crippen molar-refractivity contribution in [1.29, 1.82) is 0 Å². The summed E-state index contributed by atoms with van der Waals surface area (Å²) >= 11 is 0. The summed E-state index contributed by atoms with van der Waals surface area (Å²) in [6, 6.07) is 1.62. The van der Waals surface area contributed by atoms with E-state index < -0.39 is 0 Å². The van der Waals surface area contributed by atoms with Crippen LogP contribution in [-0.4, -0.2) is 24.9 Å². The second-order valence-electron chi connectivity index (χ2n) is 5.82. The van der Waals surface area contributed by atoms with E-state index in [-0.39, 0.29) is 18.4 Å². The maximum absolute atomic E-state index is 11.8. The van der Waals surface area contributed by atoms with E-state index in [9.17, 15) is 9.59 Å². The Morgan fingerprint density at radius 3 is 2.59 bits per heavy atom. The number of amides is 2.